The molecule has 1 rings (SSSR count). The number of halogens is 2. The van der Waals surface area contributed by atoms with Gasteiger partial charge in [0.15, 0.2) is 0 Å². The van der Waals surface area contributed by atoms with Gasteiger partial charge in [-0.15, -0.1) is 0 Å². The van der Waals surface area contributed by atoms with Gasteiger partial charge in [-0.05, 0) is 47.0 Å². The lowest BCUT2D eigenvalue weighted by Gasteiger charge is -2.11. The molecule has 0 aliphatic heterocycles. The SMILES string of the molecule is Cc1cc(Br)c(S(=O)(=O)Cl)c(C)c1C(=O)O. The molecule has 0 fully saturated rings. The van der Waals surface area contributed by atoms with Crippen LogP contribution in [0.5, 0.6) is 0 Å². The summed E-state index contributed by atoms with van der Waals surface area (Å²) in [7, 11) is 1.27. The highest BCUT2D eigenvalue weighted by Crippen LogP contribution is 2.32. The molecule has 7 heteroatoms. The van der Waals surface area contributed by atoms with Crippen LogP contribution in [0.4, 0.5) is 0 Å². The molecule has 0 saturated heterocycles. The number of aromatic carboxylic acids is 1. The Hall–Kier alpha value is -0.590. The average Bonchev–Trinajstić information content (AvgIpc) is 1.97. The lowest BCUT2D eigenvalue weighted by molar-refractivity contribution is 0.0695. The van der Waals surface area contributed by atoms with E-state index in [1.165, 1.54) is 13.0 Å². The van der Waals surface area contributed by atoms with Crippen LogP contribution in [0.25, 0.3) is 0 Å². The summed E-state index contributed by atoms with van der Waals surface area (Å²) >= 11 is 3.06. The van der Waals surface area contributed by atoms with Crippen molar-refractivity contribution in [2.45, 2.75) is 18.7 Å². The summed E-state index contributed by atoms with van der Waals surface area (Å²) in [4.78, 5) is 10.8. The van der Waals surface area contributed by atoms with Crippen molar-refractivity contribution in [2.75, 3.05) is 0 Å². The minimum atomic E-state index is -3.97. The fraction of sp³-hybridized carbons (Fsp3) is 0.222. The minimum absolute atomic E-state index is 0.0394. The molecule has 0 bridgehead atoms. The van der Waals surface area contributed by atoms with Gasteiger partial charge in [0.25, 0.3) is 9.05 Å². The Bertz CT molecular complexity index is 565. The second-order valence-electron chi connectivity index (χ2n) is 3.25. The van der Waals surface area contributed by atoms with Crippen molar-refractivity contribution in [3.05, 3.63) is 27.2 Å². The van der Waals surface area contributed by atoms with Crippen LogP contribution in [0.2, 0.25) is 0 Å². The summed E-state index contributed by atoms with van der Waals surface area (Å²) in [5, 5.41) is 8.97. The molecule has 0 aliphatic carbocycles. The maximum atomic E-state index is 11.3. The number of hydrogen-bond acceptors (Lipinski definition) is 3. The van der Waals surface area contributed by atoms with E-state index in [0.717, 1.165) is 0 Å². The number of carbonyl (C=O) groups is 1. The topological polar surface area (TPSA) is 71.4 Å². The smallest absolute Gasteiger partial charge is 0.336 e. The van der Waals surface area contributed by atoms with Crippen molar-refractivity contribution >= 4 is 41.6 Å². The largest absolute Gasteiger partial charge is 0.478 e. The molecular weight excluding hydrogens is 320 g/mol. The third-order valence-corrected chi connectivity index (χ3v) is 4.49. The summed E-state index contributed by atoms with van der Waals surface area (Å²) in [5.74, 6) is -1.18. The quantitative estimate of drug-likeness (QED) is 0.848. The van der Waals surface area contributed by atoms with Crippen molar-refractivity contribution in [1.29, 1.82) is 0 Å². The van der Waals surface area contributed by atoms with E-state index in [1.54, 1.807) is 6.92 Å². The van der Waals surface area contributed by atoms with E-state index < -0.39 is 15.0 Å². The van der Waals surface area contributed by atoms with E-state index in [1.807, 2.05) is 0 Å². The lowest BCUT2D eigenvalue weighted by Crippen LogP contribution is -2.08. The second kappa shape index (κ2) is 4.35. The summed E-state index contributed by atoms with van der Waals surface area (Å²) in [5.41, 5.74) is 0.567. The maximum Gasteiger partial charge on any atom is 0.336 e. The Morgan fingerprint density at radius 1 is 1.44 bits per heavy atom. The Morgan fingerprint density at radius 2 is 1.94 bits per heavy atom. The van der Waals surface area contributed by atoms with Gasteiger partial charge in [-0.25, -0.2) is 13.2 Å². The van der Waals surface area contributed by atoms with Crippen molar-refractivity contribution in [1.82, 2.24) is 0 Å². The zero-order chi connectivity index (χ0) is 12.7. The summed E-state index contributed by atoms with van der Waals surface area (Å²) < 4.78 is 22.9. The number of carboxylic acid groups (broad SMARTS) is 1. The highest BCUT2D eigenvalue weighted by atomic mass is 79.9. The van der Waals surface area contributed by atoms with Gasteiger partial charge in [0.05, 0.1) is 5.56 Å². The van der Waals surface area contributed by atoms with Gasteiger partial charge in [0.1, 0.15) is 4.90 Å². The fourth-order valence-corrected chi connectivity index (χ4v) is 4.46. The van der Waals surface area contributed by atoms with Crippen LogP contribution in [-0.2, 0) is 9.05 Å². The average molecular weight is 328 g/mol. The molecule has 0 spiro atoms. The predicted molar refractivity (Wildman–Crippen MR) is 63.6 cm³/mol. The highest BCUT2D eigenvalue weighted by molar-refractivity contribution is 9.10. The molecule has 1 aromatic carbocycles. The molecule has 0 radical (unpaired) electrons. The molecule has 1 aromatic rings. The molecule has 0 heterocycles. The predicted octanol–water partition coefficient (Wildman–Crippen LogP) is 2.69. The van der Waals surface area contributed by atoms with E-state index in [-0.39, 0.29) is 20.5 Å². The Morgan fingerprint density at radius 3 is 2.31 bits per heavy atom. The summed E-state index contributed by atoms with van der Waals surface area (Å²) in [6.07, 6.45) is 0. The number of benzene rings is 1. The third-order valence-electron chi connectivity index (χ3n) is 2.13. The van der Waals surface area contributed by atoms with Gasteiger partial charge in [-0.1, -0.05) is 0 Å². The molecule has 16 heavy (non-hydrogen) atoms. The van der Waals surface area contributed by atoms with Gasteiger partial charge in [0.2, 0.25) is 0 Å². The standard InChI is InChI=1S/C9H8BrClO4S/c1-4-3-6(10)8(16(11,14)15)5(2)7(4)9(12)13/h3H,1-2H3,(H,12,13). The Labute approximate surface area is 106 Å². The lowest BCUT2D eigenvalue weighted by atomic mass is 10.0. The van der Waals surface area contributed by atoms with Gasteiger partial charge in [-0.3, -0.25) is 0 Å². The minimum Gasteiger partial charge on any atom is -0.478 e. The van der Waals surface area contributed by atoms with E-state index in [4.69, 9.17) is 15.8 Å². The molecule has 0 aliphatic rings. The normalized spacial score (nSPS) is 11.5. The first-order chi connectivity index (χ1) is 7.16. The van der Waals surface area contributed by atoms with Crippen molar-refractivity contribution in [2.24, 2.45) is 0 Å². The van der Waals surface area contributed by atoms with Crippen LogP contribution in [0, 0.1) is 13.8 Å². The van der Waals surface area contributed by atoms with Crippen LogP contribution in [-0.4, -0.2) is 19.5 Å². The highest BCUT2D eigenvalue weighted by Gasteiger charge is 2.24. The molecular formula is C9H8BrClO4S. The van der Waals surface area contributed by atoms with Gasteiger partial charge in [-0.2, -0.15) is 0 Å². The van der Waals surface area contributed by atoms with Gasteiger partial charge < -0.3 is 5.11 Å². The van der Waals surface area contributed by atoms with E-state index in [2.05, 4.69) is 15.9 Å². The molecule has 4 nitrogen and oxygen atoms in total. The number of rotatable bonds is 2. The number of aryl methyl sites for hydroxylation is 1. The monoisotopic (exact) mass is 326 g/mol. The van der Waals surface area contributed by atoms with E-state index in [0.29, 0.717) is 5.56 Å². The van der Waals surface area contributed by atoms with Crippen LogP contribution in [0.3, 0.4) is 0 Å². The van der Waals surface area contributed by atoms with Gasteiger partial charge in [0, 0.05) is 15.2 Å². The molecule has 0 atom stereocenters. The van der Waals surface area contributed by atoms with Crippen LogP contribution in [0.1, 0.15) is 21.5 Å². The zero-order valence-electron chi connectivity index (χ0n) is 8.41. The number of carboxylic acids is 1. The molecule has 0 amide bonds. The van der Waals surface area contributed by atoms with E-state index >= 15 is 0 Å². The first kappa shape index (κ1) is 13.5. The van der Waals surface area contributed by atoms with Crippen molar-refractivity contribution < 1.29 is 18.3 Å². The second-order valence-corrected chi connectivity index (χ2v) is 6.60. The molecule has 0 unspecified atom stereocenters. The first-order valence-electron chi connectivity index (χ1n) is 4.14. The third kappa shape index (κ3) is 2.39. The molecule has 88 valence electrons. The molecule has 0 saturated carbocycles. The Balaban J connectivity index is 3.79. The summed E-state index contributed by atoms with van der Waals surface area (Å²) in [6, 6.07) is 1.42. The zero-order valence-corrected chi connectivity index (χ0v) is 11.6. The van der Waals surface area contributed by atoms with Crippen LogP contribution < -0.4 is 0 Å². The maximum absolute atomic E-state index is 11.3. The molecule has 1 N–H and O–H groups in total. The van der Waals surface area contributed by atoms with Crippen LogP contribution in [0.15, 0.2) is 15.4 Å². The van der Waals surface area contributed by atoms with Crippen LogP contribution >= 0.6 is 26.6 Å². The van der Waals surface area contributed by atoms with Gasteiger partial charge >= 0.3 is 5.97 Å². The fourth-order valence-electron chi connectivity index (χ4n) is 1.54. The number of hydrogen-bond donors (Lipinski definition) is 1. The summed E-state index contributed by atoms with van der Waals surface area (Å²) in [6.45, 7) is 3.00. The van der Waals surface area contributed by atoms with Crippen molar-refractivity contribution in [3.8, 4) is 0 Å². The van der Waals surface area contributed by atoms with E-state index in [9.17, 15) is 13.2 Å². The first-order valence-corrected chi connectivity index (χ1v) is 7.24. The molecule has 0 aromatic heterocycles. The van der Waals surface area contributed by atoms with Crippen molar-refractivity contribution in [3.63, 3.8) is 0 Å². The Kier molecular flexibility index (Phi) is 3.66.